The molecule has 2 fully saturated rings. The fraction of sp³-hybridized carbons (Fsp3) is 0.737. The summed E-state index contributed by atoms with van der Waals surface area (Å²) in [7, 11) is 0. The first-order chi connectivity index (χ1) is 11.3. The summed E-state index contributed by atoms with van der Waals surface area (Å²) in [5.41, 5.74) is 2.26. The van der Waals surface area contributed by atoms with Gasteiger partial charge in [0.2, 0.25) is 0 Å². The molecule has 0 aromatic carbocycles. The molecular weight excluding hydrogens is 286 g/mol. The third kappa shape index (κ3) is 4.52. The Kier molecular flexibility index (Phi) is 6.03. The van der Waals surface area contributed by atoms with Gasteiger partial charge in [-0.15, -0.1) is 0 Å². The first kappa shape index (κ1) is 16.9. The third-order valence-corrected chi connectivity index (χ3v) is 5.45. The van der Waals surface area contributed by atoms with E-state index in [9.17, 15) is 5.11 Å². The summed E-state index contributed by atoms with van der Waals surface area (Å²) >= 11 is 0. The molecule has 1 saturated heterocycles. The van der Waals surface area contributed by atoms with Crippen molar-refractivity contribution in [3.8, 4) is 0 Å². The van der Waals surface area contributed by atoms with E-state index in [1.54, 1.807) is 0 Å². The van der Waals surface area contributed by atoms with E-state index in [0.29, 0.717) is 12.6 Å². The molecular formula is C19H31N3O. The molecule has 0 amide bonds. The van der Waals surface area contributed by atoms with Crippen molar-refractivity contribution in [1.82, 2.24) is 14.8 Å². The smallest absolute Gasteiger partial charge is 0.0547 e. The normalized spacial score (nSPS) is 24.9. The van der Waals surface area contributed by atoms with Gasteiger partial charge in [0.05, 0.1) is 5.69 Å². The summed E-state index contributed by atoms with van der Waals surface area (Å²) in [6.07, 6.45) is 7.75. The number of hydrogen-bond donors (Lipinski definition) is 1. The second kappa shape index (κ2) is 8.22. The molecule has 1 N–H and O–H groups in total. The molecule has 0 bridgehead atoms. The second-order valence-corrected chi connectivity index (χ2v) is 7.20. The van der Waals surface area contributed by atoms with Gasteiger partial charge in [0.25, 0.3) is 0 Å². The Bertz CT molecular complexity index is 487. The molecule has 0 unspecified atom stereocenters. The maximum Gasteiger partial charge on any atom is 0.0547 e. The molecule has 4 nitrogen and oxygen atoms in total. The first-order valence-electron chi connectivity index (χ1n) is 9.28. The fourth-order valence-corrected chi connectivity index (χ4v) is 4.29. The zero-order chi connectivity index (χ0) is 16.1. The Morgan fingerprint density at radius 3 is 2.74 bits per heavy atom. The van der Waals surface area contributed by atoms with Crippen LogP contribution in [0.3, 0.4) is 0 Å². The van der Waals surface area contributed by atoms with Crippen molar-refractivity contribution in [1.29, 1.82) is 0 Å². The molecule has 0 spiro atoms. The summed E-state index contributed by atoms with van der Waals surface area (Å²) in [5, 5.41) is 9.49. The van der Waals surface area contributed by atoms with Gasteiger partial charge in [0, 0.05) is 50.6 Å². The molecule has 1 saturated carbocycles. The number of aryl methyl sites for hydroxylation is 1. The van der Waals surface area contributed by atoms with Crippen LogP contribution < -0.4 is 0 Å². The monoisotopic (exact) mass is 317 g/mol. The van der Waals surface area contributed by atoms with Crippen molar-refractivity contribution in [2.24, 2.45) is 0 Å². The van der Waals surface area contributed by atoms with Crippen LogP contribution in [0.15, 0.2) is 18.2 Å². The van der Waals surface area contributed by atoms with E-state index in [0.717, 1.165) is 44.3 Å². The summed E-state index contributed by atoms with van der Waals surface area (Å²) in [6, 6.07) is 7.53. The Labute approximate surface area is 140 Å². The zero-order valence-electron chi connectivity index (χ0n) is 14.5. The molecule has 4 heteroatoms. The van der Waals surface area contributed by atoms with Gasteiger partial charge in [-0.3, -0.25) is 14.8 Å². The highest BCUT2D eigenvalue weighted by molar-refractivity contribution is 5.10. The SMILES string of the molecule is Cc1cccc(CN2CCN(C3CCCCC3)[C@H](CCO)C2)n1. The lowest BCUT2D eigenvalue weighted by Gasteiger charge is -2.46. The first-order valence-corrected chi connectivity index (χ1v) is 9.28. The van der Waals surface area contributed by atoms with Crippen LogP contribution in [0.4, 0.5) is 0 Å². The van der Waals surface area contributed by atoms with Crippen molar-refractivity contribution >= 4 is 0 Å². The Balaban J connectivity index is 1.61. The Morgan fingerprint density at radius 2 is 2.00 bits per heavy atom. The maximum atomic E-state index is 9.49. The number of aliphatic hydroxyl groups excluding tert-OH is 1. The van der Waals surface area contributed by atoms with Crippen LogP contribution in [0, 0.1) is 6.92 Å². The van der Waals surface area contributed by atoms with Crippen molar-refractivity contribution < 1.29 is 5.11 Å². The lowest BCUT2D eigenvalue weighted by molar-refractivity contribution is 0.0133. The van der Waals surface area contributed by atoms with Gasteiger partial charge in [-0.1, -0.05) is 25.3 Å². The maximum absolute atomic E-state index is 9.49. The van der Waals surface area contributed by atoms with Gasteiger partial charge in [0.1, 0.15) is 0 Å². The van der Waals surface area contributed by atoms with Crippen LogP contribution in [0.5, 0.6) is 0 Å². The second-order valence-electron chi connectivity index (χ2n) is 7.20. The number of pyridine rings is 1. The number of rotatable bonds is 5. The Hall–Kier alpha value is -0.970. The van der Waals surface area contributed by atoms with Gasteiger partial charge in [-0.2, -0.15) is 0 Å². The van der Waals surface area contributed by atoms with Crippen molar-refractivity contribution in [2.75, 3.05) is 26.2 Å². The van der Waals surface area contributed by atoms with E-state index in [2.05, 4.69) is 39.9 Å². The zero-order valence-corrected chi connectivity index (χ0v) is 14.5. The quantitative estimate of drug-likeness (QED) is 0.906. The molecule has 1 aromatic heterocycles. The van der Waals surface area contributed by atoms with Gasteiger partial charge in [-0.05, 0) is 38.3 Å². The van der Waals surface area contributed by atoms with E-state index in [1.165, 1.54) is 37.8 Å². The van der Waals surface area contributed by atoms with Gasteiger partial charge in [0.15, 0.2) is 0 Å². The molecule has 128 valence electrons. The molecule has 23 heavy (non-hydrogen) atoms. The minimum atomic E-state index is 0.296. The number of nitrogens with zero attached hydrogens (tertiary/aromatic N) is 3. The molecule has 1 aliphatic heterocycles. The van der Waals surface area contributed by atoms with Crippen LogP contribution in [0.2, 0.25) is 0 Å². The lowest BCUT2D eigenvalue weighted by Crippen LogP contribution is -2.56. The lowest BCUT2D eigenvalue weighted by atomic mass is 9.92. The van der Waals surface area contributed by atoms with E-state index in [4.69, 9.17) is 0 Å². The Morgan fingerprint density at radius 1 is 1.17 bits per heavy atom. The average molecular weight is 317 g/mol. The van der Waals surface area contributed by atoms with Crippen molar-refractivity contribution in [3.63, 3.8) is 0 Å². The van der Waals surface area contributed by atoms with E-state index >= 15 is 0 Å². The molecule has 3 rings (SSSR count). The average Bonchev–Trinajstić information content (AvgIpc) is 2.56. The van der Waals surface area contributed by atoms with Crippen LogP contribution in [0.25, 0.3) is 0 Å². The highest BCUT2D eigenvalue weighted by Crippen LogP contribution is 2.27. The summed E-state index contributed by atoms with van der Waals surface area (Å²) in [5.74, 6) is 0. The largest absolute Gasteiger partial charge is 0.396 e. The molecule has 1 aliphatic carbocycles. The number of hydrogen-bond acceptors (Lipinski definition) is 4. The van der Waals surface area contributed by atoms with E-state index in [-0.39, 0.29) is 0 Å². The molecule has 1 aromatic rings. The molecule has 1 atom stereocenters. The van der Waals surface area contributed by atoms with Crippen molar-refractivity contribution in [3.05, 3.63) is 29.6 Å². The predicted octanol–water partition coefficient (Wildman–Crippen LogP) is 2.59. The third-order valence-electron chi connectivity index (χ3n) is 5.45. The summed E-state index contributed by atoms with van der Waals surface area (Å²) < 4.78 is 0. The van der Waals surface area contributed by atoms with Crippen LogP contribution in [-0.2, 0) is 6.54 Å². The van der Waals surface area contributed by atoms with E-state index in [1.807, 2.05) is 0 Å². The minimum absolute atomic E-state index is 0.296. The predicted molar refractivity (Wildman–Crippen MR) is 93.3 cm³/mol. The summed E-state index contributed by atoms with van der Waals surface area (Å²) in [6.45, 7) is 6.60. The van der Waals surface area contributed by atoms with Crippen molar-refractivity contribution in [2.45, 2.75) is 64.1 Å². The van der Waals surface area contributed by atoms with Crippen LogP contribution in [0.1, 0.15) is 49.9 Å². The molecule has 2 aliphatic rings. The van der Waals surface area contributed by atoms with Gasteiger partial charge >= 0.3 is 0 Å². The molecule has 2 heterocycles. The highest BCUT2D eigenvalue weighted by Gasteiger charge is 2.32. The number of aromatic nitrogens is 1. The van der Waals surface area contributed by atoms with Gasteiger partial charge in [-0.25, -0.2) is 0 Å². The number of aliphatic hydroxyl groups is 1. The fourth-order valence-electron chi connectivity index (χ4n) is 4.29. The van der Waals surface area contributed by atoms with Gasteiger partial charge < -0.3 is 5.11 Å². The number of piperazine rings is 1. The van der Waals surface area contributed by atoms with Crippen LogP contribution in [-0.4, -0.2) is 58.2 Å². The molecule has 0 radical (unpaired) electrons. The summed E-state index contributed by atoms with van der Waals surface area (Å²) in [4.78, 5) is 9.86. The minimum Gasteiger partial charge on any atom is -0.396 e. The standard InChI is InChI=1S/C19H31N3O/c1-16-6-5-7-17(20-16)14-21-11-12-22(19(15-21)10-13-23)18-8-3-2-4-9-18/h5-7,18-19,23H,2-4,8-15H2,1H3/t19-/m1/s1. The topological polar surface area (TPSA) is 39.6 Å². The highest BCUT2D eigenvalue weighted by atomic mass is 16.3. The van der Waals surface area contributed by atoms with E-state index < -0.39 is 0 Å². The van der Waals surface area contributed by atoms with Crippen LogP contribution >= 0.6 is 0 Å².